The van der Waals surface area contributed by atoms with Crippen molar-refractivity contribution < 1.29 is 4.79 Å². The fraction of sp³-hybridized carbons (Fsp3) is 0.240. The number of nitrogens with one attached hydrogen (secondary N) is 2. The van der Waals surface area contributed by atoms with Crippen molar-refractivity contribution in [3.63, 3.8) is 0 Å². The fourth-order valence-electron chi connectivity index (χ4n) is 3.44. The lowest BCUT2D eigenvalue weighted by molar-refractivity contribution is -0.123. The Labute approximate surface area is 166 Å². The molecule has 3 aromatic rings. The quantitative estimate of drug-likeness (QED) is 0.633. The van der Waals surface area contributed by atoms with Crippen LogP contribution < -0.4 is 10.6 Å². The van der Waals surface area contributed by atoms with Gasteiger partial charge in [-0.05, 0) is 36.5 Å². The van der Waals surface area contributed by atoms with E-state index in [1.54, 1.807) is 0 Å². The molecule has 1 fully saturated rings. The highest BCUT2D eigenvalue weighted by molar-refractivity contribution is 5.83. The zero-order valence-electron chi connectivity index (χ0n) is 16.1. The van der Waals surface area contributed by atoms with E-state index in [4.69, 9.17) is 0 Å². The molecule has 1 saturated carbocycles. The standard InChI is InChI=1S/C25H26N2O/c1-18-12-14-21(15-13-18)23(19-8-4-2-5-9-19)27-24(20-10-6-3-7-11-20)25(28)26-22-16-17-22/h2-15,22-24,27H,16-17H2,1H3,(H,26,28)/t23-,24+/m0/s1. The Morgan fingerprint density at radius 2 is 1.32 bits per heavy atom. The normalized spacial score (nSPS) is 15.6. The molecule has 1 amide bonds. The first-order valence-corrected chi connectivity index (χ1v) is 9.93. The molecule has 3 nitrogen and oxygen atoms in total. The second kappa shape index (κ2) is 8.41. The van der Waals surface area contributed by atoms with Crippen molar-refractivity contribution in [1.29, 1.82) is 0 Å². The Balaban J connectivity index is 1.69. The number of hydrogen-bond donors (Lipinski definition) is 2. The van der Waals surface area contributed by atoms with Gasteiger partial charge in [0.25, 0.3) is 0 Å². The van der Waals surface area contributed by atoms with Crippen molar-refractivity contribution in [3.05, 3.63) is 107 Å². The summed E-state index contributed by atoms with van der Waals surface area (Å²) < 4.78 is 0. The number of benzene rings is 3. The van der Waals surface area contributed by atoms with E-state index in [0.717, 1.165) is 29.5 Å². The first-order chi connectivity index (χ1) is 13.7. The lowest BCUT2D eigenvalue weighted by atomic mass is 9.95. The second-order valence-electron chi connectivity index (χ2n) is 7.55. The summed E-state index contributed by atoms with van der Waals surface area (Å²) in [5, 5.41) is 6.81. The van der Waals surface area contributed by atoms with Gasteiger partial charge in [-0.1, -0.05) is 90.5 Å². The first kappa shape index (κ1) is 18.5. The molecule has 0 aromatic heterocycles. The van der Waals surface area contributed by atoms with Crippen LogP contribution in [0.3, 0.4) is 0 Å². The molecule has 0 heterocycles. The van der Waals surface area contributed by atoms with E-state index in [1.807, 2.05) is 48.5 Å². The molecular formula is C25H26N2O. The number of rotatable bonds is 7. The van der Waals surface area contributed by atoms with Crippen LogP contribution in [0.25, 0.3) is 0 Å². The lowest BCUT2D eigenvalue weighted by Crippen LogP contribution is -2.40. The molecule has 28 heavy (non-hydrogen) atoms. The van der Waals surface area contributed by atoms with E-state index in [-0.39, 0.29) is 11.9 Å². The van der Waals surface area contributed by atoms with Crippen molar-refractivity contribution in [3.8, 4) is 0 Å². The molecule has 0 aliphatic heterocycles. The van der Waals surface area contributed by atoms with Gasteiger partial charge in [0.2, 0.25) is 5.91 Å². The van der Waals surface area contributed by atoms with Crippen molar-refractivity contribution in [1.82, 2.24) is 10.6 Å². The summed E-state index contributed by atoms with van der Waals surface area (Å²) >= 11 is 0. The van der Waals surface area contributed by atoms with E-state index in [1.165, 1.54) is 5.56 Å². The molecule has 0 unspecified atom stereocenters. The molecule has 2 N–H and O–H groups in total. The summed E-state index contributed by atoms with van der Waals surface area (Å²) in [5.41, 5.74) is 4.50. The molecule has 0 saturated heterocycles. The molecule has 1 aliphatic rings. The number of amides is 1. The lowest BCUT2D eigenvalue weighted by Gasteiger charge is -2.27. The topological polar surface area (TPSA) is 41.1 Å². The van der Waals surface area contributed by atoms with Gasteiger partial charge in [-0.25, -0.2) is 0 Å². The van der Waals surface area contributed by atoms with Crippen LogP contribution in [0.1, 0.15) is 47.2 Å². The molecule has 142 valence electrons. The van der Waals surface area contributed by atoms with Crippen molar-refractivity contribution in [2.45, 2.75) is 37.9 Å². The third-order valence-electron chi connectivity index (χ3n) is 5.20. The smallest absolute Gasteiger partial charge is 0.241 e. The van der Waals surface area contributed by atoms with Crippen molar-refractivity contribution in [2.24, 2.45) is 0 Å². The fourth-order valence-corrected chi connectivity index (χ4v) is 3.44. The Bertz CT molecular complexity index is 902. The minimum Gasteiger partial charge on any atom is -0.352 e. The Morgan fingerprint density at radius 3 is 1.89 bits per heavy atom. The number of carbonyl (C=O) groups is 1. The Morgan fingerprint density at radius 1 is 0.786 bits per heavy atom. The summed E-state index contributed by atoms with van der Waals surface area (Å²) in [5.74, 6) is 0.0433. The Hall–Kier alpha value is -2.91. The van der Waals surface area contributed by atoms with Crippen LogP contribution in [0.15, 0.2) is 84.9 Å². The van der Waals surface area contributed by atoms with Crippen LogP contribution in [-0.4, -0.2) is 11.9 Å². The first-order valence-electron chi connectivity index (χ1n) is 9.93. The summed E-state index contributed by atoms with van der Waals surface area (Å²) in [7, 11) is 0. The van der Waals surface area contributed by atoms with Gasteiger partial charge in [0.15, 0.2) is 0 Å². The monoisotopic (exact) mass is 370 g/mol. The van der Waals surface area contributed by atoms with E-state index in [0.29, 0.717) is 6.04 Å². The van der Waals surface area contributed by atoms with Gasteiger partial charge < -0.3 is 5.32 Å². The van der Waals surface area contributed by atoms with Crippen LogP contribution in [0.5, 0.6) is 0 Å². The van der Waals surface area contributed by atoms with Crippen LogP contribution >= 0.6 is 0 Å². The van der Waals surface area contributed by atoms with Gasteiger partial charge in [0, 0.05) is 6.04 Å². The molecule has 0 spiro atoms. The number of hydrogen-bond acceptors (Lipinski definition) is 2. The maximum atomic E-state index is 13.1. The van der Waals surface area contributed by atoms with Crippen LogP contribution in [-0.2, 0) is 4.79 Å². The van der Waals surface area contributed by atoms with Gasteiger partial charge >= 0.3 is 0 Å². The summed E-state index contributed by atoms with van der Waals surface area (Å²) in [4.78, 5) is 13.1. The molecule has 3 aromatic carbocycles. The summed E-state index contributed by atoms with van der Waals surface area (Å²) in [6.07, 6.45) is 2.15. The van der Waals surface area contributed by atoms with Gasteiger partial charge in [-0.15, -0.1) is 0 Å². The third kappa shape index (κ3) is 4.49. The van der Waals surface area contributed by atoms with Gasteiger partial charge in [0.1, 0.15) is 6.04 Å². The highest BCUT2D eigenvalue weighted by Crippen LogP contribution is 2.28. The predicted molar refractivity (Wildman–Crippen MR) is 113 cm³/mol. The number of aryl methyl sites for hydroxylation is 1. The van der Waals surface area contributed by atoms with Gasteiger partial charge in [-0.2, -0.15) is 0 Å². The average Bonchev–Trinajstić information content (AvgIpc) is 3.55. The maximum Gasteiger partial charge on any atom is 0.241 e. The average molecular weight is 370 g/mol. The van der Waals surface area contributed by atoms with E-state index >= 15 is 0 Å². The molecule has 3 heteroatoms. The second-order valence-corrected chi connectivity index (χ2v) is 7.55. The highest BCUT2D eigenvalue weighted by atomic mass is 16.2. The zero-order chi connectivity index (χ0) is 19.3. The minimum atomic E-state index is -0.409. The van der Waals surface area contributed by atoms with Crippen molar-refractivity contribution >= 4 is 5.91 Å². The molecule has 0 bridgehead atoms. The summed E-state index contributed by atoms with van der Waals surface area (Å²) in [6, 6.07) is 28.7. The SMILES string of the molecule is Cc1ccc([C@@H](N[C@@H](C(=O)NC2CC2)c2ccccc2)c2ccccc2)cc1. The molecular weight excluding hydrogens is 344 g/mol. The van der Waals surface area contributed by atoms with E-state index < -0.39 is 6.04 Å². The molecule has 0 radical (unpaired) electrons. The predicted octanol–water partition coefficient (Wildman–Crippen LogP) is 4.69. The summed E-state index contributed by atoms with van der Waals surface area (Å²) in [6.45, 7) is 2.09. The Kier molecular flexibility index (Phi) is 5.54. The van der Waals surface area contributed by atoms with Crippen LogP contribution in [0.4, 0.5) is 0 Å². The van der Waals surface area contributed by atoms with E-state index in [9.17, 15) is 4.79 Å². The van der Waals surface area contributed by atoms with Gasteiger partial charge in [-0.3, -0.25) is 10.1 Å². The van der Waals surface area contributed by atoms with Crippen molar-refractivity contribution in [2.75, 3.05) is 0 Å². The number of carbonyl (C=O) groups excluding carboxylic acids is 1. The van der Waals surface area contributed by atoms with Crippen LogP contribution in [0, 0.1) is 6.92 Å². The van der Waals surface area contributed by atoms with Gasteiger partial charge in [0.05, 0.1) is 6.04 Å². The highest BCUT2D eigenvalue weighted by Gasteiger charge is 2.30. The maximum absolute atomic E-state index is 13.1. The molecule has 4 rings (SSSR count). The van der Waals surface area contributed by atoms with E-state index in [2.05, 4.69) is 54.0 Å². The molecule has 2 atom stereocenters. The minimum absolute atomic E-state index is 0.0433. The zero-order valence-corrected chi connectivity index (χ0v) is 16.1. The molecule has 1 aliphatic carbocycles. The third-order valence-corrected chi connectivity index (χ3v) is 5.20. The largest absolute Gasteiger partial charge is 0.352 e. The van der Waals surface area contributed by atoms with Crippen LogP contribution in [0.2, 0.25) is 0 Å².